The summed E-state index contributed by atoms with van der Waals surface area (Å²) in [6.45, 7) is 10.2. The van der Waals surface area contributed by atoms with E-state index in [9.17, 15) is 0 Å². The number of hydrogen-bond acceptors (Lipinski definition) is 2. The van der Waals surface area contributed by atoms with E-state index in [4.69, 9.17) is 9.97 Å². The summed E-state index contributed by atoms with van der Waals surface area (Å²) in [7, 11) is 0. The molecule has 1 heterocycles. The number of benzene rings is 1. The van der Waals surface area contributed by atoms with Gasteiger partial charge >= 0.3 is 0 Å². The highest BCUT2D eigenvalue weighted by Gasteiger charge is 2.10. The van der Waals surface area contributed by atoms with Crippen molar-refractivity contribution in [2.24, 2.45) is 0 Å². The van der Waals surface area contributed by atoms with Crippen LogP contribution in [0.5, 0.6) is 0 Å². The van der Waals surface area contributed by atoms with Crippen molar-refractivity contribution in [2.45, 2.75) is 34.6 Å². The van der Waals surface area contributed by atoms with Crippen molar-refractivity contribution >= 4 is 11.1 Å². The van der Waals surface area contributed by atoms with E-state index in [-0.39, 0.29) is 0 Å². The minimum absolute atomic E-state index is 0.747. The minimum atomic E-state index is 0.747. The molecule has 2 aromatic rings. The minimum Gasteiger partial charge on any atom is -0.228 e. The number of nitrogens with zero attached hydrogens (tertiary/aromatic N) is 2. The molecule has 0 bridgehead atoms. The van der Waals surface area contributed by atoms with Gasteiger partial charge in [0.1, 0.15) is 0 Å². The van der Waals surface area contributed by atoms with E-state index < -0.39 is 0 Å². The van der Waals surface area contributed by atoms with Crippen molar-refractivity contribution in [1.29, 1.82) is 0 Å². The fourth-order valence-electron chi connectivity index (χ4n) is 2.60. The summed E-state index contributed by atoms with van der Waals surface area (Å²) < 4.78 is 0. The van der Waals surface area contributed by atoms with Crippen molar-refractivity contribution in [3.05, 3.63) is 95.9 Å². The lowest BCUT2D eigenvalue weighted by atomic mass is 10.1. The van der Waals surface area contributed by atoms with Crippen molar-refractivity contribution in [1.82, 2.24) is 9.97 Å². The Morgan fingerprint density at radius 2 is 1.56 bits per heavy atom. The van der Waals surface area contributed by atoms with Gasteiger partial charge in [0.2, 0.25) is 0 Å². The van der Waals surface area contributed by atoms with Crippen molar-refractivity contribution < 1.29 is 0 Å². The zero-order valence-electron chi connectivity index (χ0n) is 16.9. The normalized spacial score (nSPS) is 13.4. The molecule has 138 valence electrons. The Morgan fingerprint density at radius 3 is 2.19 bits per heavy atom. The number of allylic oxidation sites excluding steroid dienone is 10. The maximum absolute atomic E-state index is 4.83. The van der Waals surface area contributed by atoms with Gasteiger partial charge in [-0.25, -0.2) is 9.97 Å². The lowest BCUT2D eigenvalue weighted by molar-refractivity contribution is 1.13. The van der Waals surface area contributed by atoms with E-state index in [2.05, 4.69) is 62.4 Å². The van der Waals surface area contributed by atoms with Crippen molar-refractivity contribution in [3.8, 4) is 11.4 Å². The van der Waals surface area contributed by atoms with Crippen LogP contribution in [0.3, 0.4) is 0 Å². The second-order valence-electron chi connectivity index (χ2n) is 6.33. The Balaban J connectivity index is 2.58. The fourth-order valence-corrected chi connectivity index (χ4v) is 2.60. The molecule has 0 spiro atoms. The Kier molecular flexibility index (Phi) is 7.69. The molecule has 0 saturated carbocycles. The Morgan fingerprint density at radius 1 is 0.852 bits per heavy atom. The molecule has 1 aromatic carbocycles. The molecule has 1 aromatic heterocycles. The number of hydrogen-bond donors (Lipinski definition) is 0. The van der Waals surface area contributed by atoms with E-state index in [1.807, 2.05) is 51.2 Å². The molecular formula is C25H28N2. The van der Waals surface area contributed by atoms with Crippen LogP contribution in [0, 0.1) is 6.92 Å². The highest BCUT2D eigenvalue weighted by atomic mass is 14.9. The largest absolute Gasteiger partial charge is 0.228 e. The smallest absolute Gasteiger partial charge is 0.160 e. The standard InChI is InChI=1S/C25H28N2/c1-6-9-10-11-13-20(5)23-18-24(21(8-3)12-7-2)27-25(26-23)22-16-14-19(4)15-17-22/h6-18H,1-5H3/b9-6-,11-10-,12-7-,20-13+,21-8+. The van der Waals surface area contributed by atoms with Gasteiger partial charge in [-0.2, -0.15) is 0 Å². The number of aryl methyl sites for hydroxylation is 1. The van der Waals surface area contributed by atoms with Gasteiger partial charge in [-0.05, 0) is 51.8 Å². The van der Waals surface area contributed by atoms with Crippen LogP contribution in [0.1, 0.15) is 44.6 Å². The quantitative estimate of drug-likeness (QED) is 0.522. The molecule has 0 radical (unpaired) electrons. The van der Waals surface area contributed by atoms with Crippen LogP contribution in [-0.2, 0) is 0 Å². The molecule has 0 amide bonds. The van der Waals surface area contributed by atoms with Crippen molar-refractivity contribution in [3.63, 3.8) is 0 Å². The lowest BCUT2D eigenvalue weighted by Crippen LogP contribution is -1.99. The molecule has 27 heavy (non-hydrogen) atoms. The van der Waals surface area contributed by atoms with Crippen LogP contribution >= 0.6 is 0 Å². The van der Waals surface area contributed by atoms with Crippen LogP contribution in [-0.4, -0.2) is 9.97 Å². The predicted octanol–water partition coefficient (Wildman–Crippen LogP) is 6.97. The zero-order chi connectivity index (χ0) is 19.6. The third-order valence-electron chi connectivity index (χ3n) is 4.15. The predicted molar refractivity (Wildman–Crippen MR) is 118 cm³/mol. The average molecular weight is 357 g/mol. The van der Waals surface area contributed by atoms with Gasteiger partial charge in [0.15, 0.2) is 5.82 Å². The van der Waals surface area contributed by atoms with Gasteiger partial charge in [0.05, 0.1) is 11.4 Å². The number of aromatic nitrogens is 2. The summed E-state index contributed by atoms with van der Waals surface area (Å²) in [6, 6.07) is 10.4. The molecular weight excluding hydrogens is 328 g/mol. The molecule has 0 atom stereocenters. The molecule has 0 aliphatic rings. The van der Waals surface area contributed by atoms with Gasteiger partial charge in [-0.3, -0.25) is 0 Å². The van der Waals surface area contributed by atoms with Crippen LogP contribution in [0.15, 0.2) is 78.9 Å². The van der Waals surface area contributed by atoms with E-state index in [1.54, 1.807) is 0 Å². The number of rotatable bonds is 6. The van der Waals surface area contributed by atoms with Gasteiger partial charge < -0.3 is 0 Å². The maximum atomic E-state index is 4.83. The molecule has 0 N–H and O–H groups in total. The molecule has 0 aliphatic heterocycles. The molecule has 0 fully saturated rings. The molecule has 2 rings (SSSR count). The highest BCUT2D eigenvalue weighted by molar-refractivity contribution is 5.75. The van der Waals surface area contributed by atoms with Crippen LogP contribution < -0.4 is 0 Å². The van der Waals surface area contributed by atoms with Crippen molar-refractivity contribution in [2.75, 3.05) is 0 Å². The Labute approximate surface area is 163 Å². The second-order valence-corrected chi connectivity index (χ2v) is 6.33. The molecule has 0 unspecified atom stereocenters. The van der Waals surface area contributed by atoms with E-state index >= 15 is 0 Å². The first-order chi connectivity index (χ1) is 13.1. The molecule has 2 heteroatoms. The summed E-state index contributed by atoms with van der Waals surface area (Å²) in [5.74, 6) is 0.747. The van der Waals surface area contributed by atoms with E-state index in [0.29, 0.717) is 0 Å². The molecule has 2 nitrogen and oxygen atoms in total. The van der Waals surface area contributed by atoms with Gasteiger partial charge in [-0.15, -0.1) is 0 Å². The monoisotopic (exact) mass is 356 g/mol. The summed E-state index contributed by atoms with van der Waals surface area (Å²) in [4.78, 5) is 9.65. The first kappa shape index (κ1) is 20.3. The Bertz CT molecular complexity index is 908. The maximum Gasteiger partial charge on any atom is 0.160 e. The van der Waals surface area contributed by atoms with Gasteiger partial charge in [0.25, 0.3) is 0 Å². The first-order valence-corrected chi connectivity index (χ1v) is 9.31. The first-order valence-electron chi connectivity index (χ1n) is 9.31. The zero-order valence-corrected chi connectivity index (χ0v) is 16.9. The highest BCUT2D eigenvalue weighted by Crippen LogP contribution is 2.24. The summed E-state index contributed by atoms with van der Waals surface area (Å²) in [6.07, 6.45) is 16.3. The van der Waals surface area contributed by atoms with Crippen LogP contribution in [0.2, 0.25) is 0 Å². The molecule has 0 saturated heterocycles. The third kappa shape index (κ3) is 5.75. The van der Waals surface area contributed by atoms with E-state index in [0.717, 1.165) is 33.9 Å². The summed E-state index contributed by atoms with van der Waals surface area (Å²) >= 11 is 0. The topological polar surface area (TPSA) is 25.8 Å². The van der Waals surface area contributed by atoms with Gasteiger partial charge in [0, 0.05) is 5.56 Å². The molecule has 0 aliphatic carbocycles. The van der Waals surface area contributed by atoms with E-state index in [1.165, 1.54) is 5.56 Å². The van der Waals surface area contributed by atoms with Crippen LogP contribution in [0.25, 0.3) is 22.5 Å². The second kappa shape index (κ2) is 10.2. The lowest BCUT2D eigenvalue weighted by Gasteiger charge is -2.10. The van der Waals surface area contributed by atoms with Gasteiger partial charge in [-0.1, -0.05) is 78.4 Å². The summed E-state index contributed by atoms with van der Waals surface area (Å²) in [5.41, 5.74) is 6.31. The third-order valence-corrected chi connectivity index (χ3v) is 4.15. The average Bonchev–Trinajstić information content (AvgIpc) is 2.69. The fraction of sp³-hybridized carbons (Fsp3) is 0.200. The SMILES string of the molecule is C\C=C/C=C\C=C(/C)c1cc(C(/C=C\C)=C/C)nc(-c2ccc(C)cc2)n1. The van der Waals surface area contributed by atoms with Crippen LogP contribution in [0.4, 0.5) is 0 Å². The summed E-state index contributed by atoms with van der Waals surface area (Å²) in [5, 5.41) is 0. The Hall–Kier alpha value is -3.00.